The average Bonchev–Trinajstić information content (AvgIpc) is 2.82. The van der Waals surface area contributed by atoms with Gasteiger partial charge in [0.15, 0.2) is 0 Å². The van der Waals surface area contributed by atoms with Crippen molar-refractivity contribution in [3.63, 3.8) is 0 Å². The molecule has 1 unspecified atom stereocenters. The van der Waals surface area contributed by atoms with E-state index in [-0.39, 0.29) is 5.60 Å². The molecule has 0 aromatic rings. The minimum Gasteiger partial charge on any atom is -0.375 e. The third-order valence-electron chi connectivity index (χ3n) is 4.61. The number of hydrogen-bond donors (Lipinski definition) is 1. The summed E-state index contributed by atoms with van der Waals surface area (Å²) in [6.45, 7) is 5.48. The van der Waals surface area contributed by atoms with Crippen LogP contribution < -0.4 is 5.32 Å². The van der Waals surface area contributed by atoms with Gasteiger partial charge in [-0.3, -0.25) is 0 Å². The van der Waals surface area contributed by atoms with Crippen LogP contribution in [0.3, 0.4) is 0 Å². The Morgan fingerprint density at radius 1 is 1.06 bits per heavy atom. The summed E-state index contributed by atoms with van der Waals surface area (Å²) in [7, 11) is 0. The fraction of sp³-hybridized carbons (Fsp3) is 1.00. The van der Waals surface area contributed by atoms with Crippen LogP contribution >= 0.6 is 0 Å². The van der Waals surface area contributed by atoms with Gasteiger partial charge in [-0.2, -0.15) is 0 Å². The van der Waals surface area contributed by atoms with Crippen molar-refractivity contribution in [3.8, 4) is 0 Å². The lowest BCUT2D eigenvalue weighted by Crippen LogP contribution is -2.48. The minimum absolute atomic E-state index is 0.175. The Bertz CT molecular complexity index is 207. The molecule has 2 fully saturated rings. The zero-order chi connectivity index (χ0) is 11.4. The van der Waals surface area contributed by atoms with E-state index in [0.29, 0.717) is 6.04 Å². The van der Waals surface area contributed by atoms with Gasteiger partial charge in [-0.15, -0.1) is 0 Å². The first-order valence-corrected chi connectivity index (χ1v) is 7.18. The molecule has 0 spiro atoms. The Hall–Kier alpha value is -0.0800. The lowest BCUT2D eigenvalue weighted by atomic mass is 9.85. The normalized spacial score (nSPS) is 30.8. The predicted octanol–water partition coefficient (Wildman–Crippen LogP) is 3.26. The van der Waals surface area contributed by atoms with Crippen molar-refractivity contribution >= 4 is 0 Å². The second-order valence-electron chi connectivity index (χ2n) is 5.58. The van der Waals surface area contributed by atoms with Gasteiger partial charge in [0.25, 0.3) is 0 Å². The van der Waals surface area contributed by atoms with Gasteiger partial charge >= 0.3 is 0 Å². The molecule has 94 valence electrons. The first-order chi connectivity index (χ1) is 7.78. The molecule has 16 heavy (non-hydrogen) atoms. The molecule has 2 nitrogen and oxygen atoms in total. The van der Waals surface area contributed by atoms with E-state index in [9.17, 15) is 0 Å². The second kappa shape index (κ2) is 5.50. The van der Waals surface area contributed by atoms with Gasteiger partial charge in [-0.25, -0.2) is 0 Å². The van der Waals surface area contributed by atoms with Gasteiger partial charge in [-0.1, -0.05) is 26.7 Å². The summed E-state index contributed by atoms with van der Waals surface area (Å²) in [4.78, 5) is 0. The maximum Gasteiger partial charge on any atom is 0.0692 e. The highest BCUT2D eigenvalue weighted by molar-refractivity contribution is 4.90. The van der Waals surface area contributed by atoms with Crippen LogP contribution in [0.1, 0.15) is 65.2 Å². The van der Waals surface area contributed by atoms with Crippen molar-refractivity contribution in [1.29, 1.82) is 0 Å². The smallest absolute Gasteiger partial charge is 0.0692 e. The third kappa shape index (κ3) is 2.78. The predicted molar refractivity (Wildman–Crippen MR) is 67.7 cm³/mol. The van der Waals surface area contributed by atoms with Crippen molar-refractivity contribution < 1.29 is 4.74 Å². The van der Waals surface area contributed by atoms with Crippen LogP contribution in [0.15, 0.2) is 0 Å². The summed E-state index contributed by atoms with van der Waals surface area (Å²) in [5.41, 5.74) is 0.175. The van der Waals surface area contributed by atoms with E-state index < -0.39 is 0 Å². The molecule has 1 saturated carbocycles. The van der Waals surface area contributed by atoms with E-state index in [1.165, 1.54) is 38.5 Å². The maximum atomic E-state index is 6.02. The summed E-state index contributed by atoms with van der Waals surface area (Å²) >= 11 is 0. The Balaban J connectivity index is 1.85. The summed E-state index contributed by atoms with van der Waals surface area (Å²) in [6.07, 6.45) is 10.4. The second-order valence-corrected chi connectivity index (χ2v) is 5.58. The zero-order valence-electron chi connectivity index (χ0n) is 10.9. The molecule has 1 saturated heterocycles. The first kappa shape index (κ1) is 12.4. The average molecular weight is 225 g/mol. The van der Waals surface area contributed by atoms with Gasteiger partial charge in [0.05, 0.1) is 5.60 Å². The summed E-state index contributed by atoms with van der Waals surface area (Å²) in [5.74, 6) is 0. The van der Waals surface area contributed by atoms with Crippen molar-refractivity contribution in [3.05, 3.63) is 0 Å². The Morgan fingerprint density at radius 3 is 2.38 bits per heavy atom. The molecule has 0 aromatic carbocycles. The Kier molecular flexibility index (Phi) is 4.26. The molecule has 0 aromatic heterocycles. The number of ether oxygens (including phenoxy) is 1. The molecule has 0 bridgehead atoms. The van der Waals surface area contributed by atoms with Crippen LogP contribution in [-0.4, -0.2) is 24.3 Å². The SMILES string of the molecule is CCC1(CC)CC(NC2CCCC2)CCO1. The third-order valence-corrected chi connectivity index (χ3v) is 4.61. The van der Waals surface area contributed by atoms with E-state index >= 15 is 0 Å². The molecule has 1 aliphatic carbocycles. The highest BCUT2D eigenvalue weighted by Gasteiger charge is 2.35. The van der Waals surface area contributed by atoms with Crippen LogP contribution in [0.25, 0.3) is 0 Å². The fourth-order valence-corrected chi connectivity index (χ4v) is 3.34. The van der Waals surface area contributed by atoms with Crippen molar-refractivity contribution in [1.82, 2.24) is 5.32 Å². The molecule has 1 heterocycles. The van der Waals surface area contributed by atoms with E-state index in [1.807, 2.05) is 0 Å². The zero-order valence-corrected chi connectivity index (χ0v) is 10.9. The van der Waals surface area contributed by atoms with Crippen LogP contribution in [0, 0.1) is 0 Å². The lowest BCUT2D eigenvalue weighted by molar-refractivity contribution is -0.0940. The summed E-state index contributed by atoms with van der Waals surface area (Å²) in [5, 5.41) is 3.86. The summed E-state index contributed by atoms with van der Waals surface area (Å²) in [6, 6.07) is 1.51. The lowest BCUT2D eigenvalue weighted by Gasteiger charge is -2.41. The monoisotopic (exact) mass is 225 g/mol. The first-order valence-electron chi connectivity index (χ1n) is 7.18. The van der Waals surface area contributed by atoms with Gasteiger partial charge in [0.2, 0.25) is 0 Å². The standard InChI is InChI=1S/C14H27NO/c1-3-14(4-2)11-13(9-10-16-14)15-12-7-5-6-8-12/h12-13,15H,3-11H2,1-2H3. The van der Waals surface area contributed by atoms with Crippen LogP contribution in [0.5, 0.6) is 0 Å². The van der Waals surface area contributed by atoms with Crippen LogP contribution in [-0.2, 0) is 4.74 Å². The maximum absolute atomic E-state index is 6.02. The Labute approximate surface area is 100 Å². The largest absolute Gasteiger partial charge is 0.375 e. The van der Waals surface area contributed by atoms with E-state index in [4.69, 9.17) is 4.74 Å². The molecule has 0 amide bonds. The fourth-order valence-electron chi connectivity index (χ4n) is 3.34. The highest BCUT2D eigenvalue weighted by Crippen LogP contribution is 2.32. The molecular weight excluding hydrogens is 198 g/mol. The number of hydrogen-bond acceptors (Lipinski definition) is 2. The molecule has 1 aliphatic heterocycles. The van der Waals surface area contributed by atoms with Crippen molar-refractivity contribution in [2.24, 2.45) is 0 Å². The molecule has 2 aliphatic rings. The molecule has 1 atom stereocenters. The van der Waals surface area contributed by atoms with Crippen LogP contribution in [0.4, 0.5) is 0 Å². The molecular formula is C14H27NO. The molecule has 2 rings (SSSR count). The van der Waals surface area contributed by atoms with Gasteiger partial charge in [-0.05, 0) is 38.5 Å². The van der Waals surface area contributed by atoms with E-state index in [0.717, 1.165) is 25.5 Å². The van der Waals surface area contributed by atoms with E-state index in [2.05, 4.69) is 19.2 Å². The molecule has 1 N–H and O–H groups in total. The van der Waals surface area contributed by atoms with Gasteiger partial charge in [0.1, 0.15) is 0 Å². The Morgan fingerprint density at radius 2 is 1.75 bits per heavy atom. The number of rotatable bonds is 4. The highest BCUT2D eigenvalue weighted by atomic mass is 16.5. The summed E-state index contributed by atoms with van der Waals surface area (Å²) < 4.78 is 6.02. The van der Waals surface area contributed by atoms with Crippen molar-refractivity contribution in [2.75, 3.05) is 6.61 Å². The van der Waals surface area contributed by atoms with Gasteiger partial charge < -0.3 is 10.1 Å². The quantitative estimate of drug-likeness (QED) is 0.793. The minimum atomic E-state index is 0.175. The number of nitrogens with one attached hydrogen (secondary N) is 1. The van der Waals surface area contributed by atoms with Crippen LogP contribution in [0.2, 0.25) is 0 Å². The van der Waals surface area contributed by atoms with Gasteiger partial charge in [0, 0.05) is 18.7 Å². The molecule has 2 heteroatoms. The topological polar surface area (TPSA) is 21.3 Å². The van der Waals surface area contributed by atoms with E-state index in [1.54, 1.807) is 0 Å². The molecule has 0 radical (unpaired) electrons. The van der Waals surface area contributed by atoms with Crippen molar-refractivity contribution in [2.45, 2.75) is 82.9 Å².